The summed E-state index contributed by atoms with van der Waals surface area (Å²) in [5, 5.41) is 12.4. The molecular weight excluding hydrogens is 460 g/mol. The minimum atomic E-state index is -2.72. The van der Waals surface area contributed by atoms with Gasteiger partial charge in [0.05, 0.1) is 38.1 Å². The van der Waals surface area contributed by atoms with Crippen LogP contribution in [0.4, 0.5) is 8.78 Å². The van der Waals surface area contributed by atoms with Crippen LogP contribution in [0.25, 0.3) is 0 Å². The molecule has 2 aliphatic rings. The van der Waals surface area contributed by atoms with E-state index in [0.717, 1.165) is 7.11 Å². The molecule has 180 valence electrons. The van der Waals surface area contributed by atoms with Gasteiger partial charge in [0.15, 0.2) is 11.4 Å². The first-order valence-electron chi connectivity index (χ1n) is 10.8. The van der Waals surface area contributed by atoms with Gasteiger partial charge in [-0.3, -0.25) is 14.6 Å². The van der Waals surface area contributed by atoms with Gasteiger partial charge in [0.2, 0.25) is 5.60 Å². The highest BCUT2D eigenvalue weighted by molar-refractivity contribution is 6.09. The first-order chi connectivity index (χ1) is 16.8. The summed E-state index contributed by atoms with van der Waals surface area (Å²) in [5.41, 5.74) is -3.79. The highest BCUT2D eigenvalue weighted by Crippen LogP contribution is 2.68. The molecule has 7 nitrogen and oxygen atoms in total. The SMILES string of the molecule is COC(=O)[C@H]1C(=O)[C@@]2(O)c3c(OC)cncc3O[C@@]2(c2ccc(C(F)F)cc2)[C@@H]1c1ccccc1. The van der Waals surface area contributed by atoms with Crippen molar-refractivity contribution < 1.29 is 37.7 Å². The van der Waals surface area contributed by atoms with Crippen LogP contribution in [0.5, 0.6) is 11.5 Å². The van der Waals surface area contributed by atoms with Crippen LogP contribution in [0, 0.1) is 5.92 Å². The molecule has 3 aromatic rings. The quantitative estimate of drug-likeness (QED) is 0.439. The van der Waals surface area contributed by atoms with Crippen molar-refractivity contribution in [1.82, 2.24) is 4.98 Å². The Morgan fingerprint density at radius 3 is 2.37 bits per heavy atom. The average Bonchev–Trinajstić information content (AvgIpc) is 3.27. The highest BCUT2D eigenvalue weighted by atomic mass is 19.3. The van der Waals surface area contributed by atoms with Crippen molar-refractivity contribution in [2.45, 2.75) is 23.5 Å². The Bertz CT molecular complexity index is 1300. The molecule has 35 heavy (non-hydrogen) atoms. The van der Waals surface area contributed by atoms with E-state index in [0.29, 0.717) is 5.56 Å². The Balaban J connectivity index is 1.87. The van der Waals surface area contributed by atoms with Crippen molar-refractivity contribution in [3.63, 3.8) is 0 Å². The van der Waals surface area contributed by atoms with E-state index in [2.05, 4.69) is 4.98 Å². The molecule has 1 aromatic heterocycles. The second-order valence-corrected chi connectivity index (χ2v) is 8.44. The van der Waals surface area contributed by atoms with Crippen LogP contribution in [-0.4, -0.2) is 36.1 Å². The van der Waals surface area contributed by atoms with Gasteiger partial charge in [-0.2, -0.15) is 0 Å². The topological polar surface area (TPSA) is 95.0 Å². The van der Waals surface area contributed by atoms with E-state index in [4.69, 9.17) is 14.2 Å². The zero-order valence-corrected chi connectivity index (χ0v) is 18.8. The monoisotopic (exact) mass is 481 g/mol. The van der Waals surface area contributed by atoms with Gasteiger partial charge >= 0.3 is 5.97 Å². The van der Waals surface area contributed by atoms with Gasteiger partial charge in [0, 0.05) is 5.56 Å². The molecule has 0 unspecified atom stereocenters. The van der Waals surface area contributed by atoms with E-state index < -0.39 is 41.2 Å². The van der Waals surface area contributed by atoms with Gasteiger partial charge in [0.1, 0.15) is 17.4 Å². The smallest absolute Gasteiger partial charge is 0.317 e. The number of nitrogens with zero attached hydrogens (tertiary/aromatic N) is 1. The Labute approximate surface area is 199 Å². The number of aliphatic hydroxyl groups is 1. The Morgan fingerprint density at radius 2 is 1.77 bits per heavy atom. The van der Waals surface area contributed by atoms with Crippen LogP contribution >= 0.6 is 0 Å². The van der Waals surface area contributed by atoms with E-state index >= 15 is 0 Å². The Kier molecular flexibility index (Phi) is 5.32. The molecule has 2 aromatic carbocycles. The Hall–Kier alpha value is -3.85. The minimum absolute atomic E-state index is 0.0188. The number of rotatable bonds is 5. The number of benzene rings is 2. The van der Waals surface area contributed by atoms with Crippen molar-refractivity contribution in [2.24, 2.45) is 5.92 Å². The van der Waals surface area contributed by atoms with Crippen LogP contribution in [-0.2, 0) is 25.5 Å². The normalized spacial score (nSPS) is 26.7. The lowest BCUT2D eigenvalue weighted by Gasteiger charge is -2.39. The molecule has 2 heterocycles. The summed E-state index contributed by atoms with van der Waals surface area (Å²) in [6.45, 7) is 0. The number of Topliss-reactive ketones (excluding diaryl/α,β-unsaturated/α-hetero) is 1. The number of fused-ring (bicyclic) bond motifs is 3. The Morgan fingerprint density at radius 1 is 1.09 bits per heavy atom. The minimum Gasteiger partial charge on any atom is -0.495 e. The largest absolute Gasteiger partial charge is 0.495 e. The van der Waals surface area contributed by atoms with E-state index in [1.54, 1.807) is 30.3 Å². The first kappa shape index (κ1) is 22.9. The third-order valence-electron chi connectivity index (χ3n) is 6.88. The first-order valence-corrected chi connectivity index (χ1v) is 10.8. The molecule has 0 radical (unpaired) electrons. The molecule has 0 spiro atoms. The number of ether oxygens (including phenoxy) is 3. The number of ketones is 1. The zero-order chi connectivity index (χ0) is 25.0. The summed E-state index contributed by atoms with van der Waals surface area (Å²) in [6, 6.07) is 13.8. The van der Waals surface area contributed by atoms with E-state index in [9.17, 15) is 23.5 Å². The number of aromatic nitrogens is 1. The molecule has 0 bridgehead atoms. The maximum atomic E-state index is 14.1. The fourth-order valence-electron chi connectivity index (χ4n) is 5.43. The molecule has 0 amide bonds. The number of methoxy groups -OCH3 is 2. The second-order valence-electron chi connectivity index (χ2n) is 8.44. The molecule has 0 saturated heterocycles. The van der Waals surface area contributed by atoms with Gasteiger partial charge < -0.3 is 19.3 Å². The number of alkyl halides is 2. The lowest BCUT2D eigenvalue weighted by molar-refractivity contribution is -0.155. The summed E-state index contributed by atoms with van der Waals surface area (Å²) < 4.78 is 43.4. The molecule has 1 aliphatic carbocycles. The lowest BCUT2D eigenvalue weighted by Crippen LogP contribution is -2.50. The van der Waals surface area contributed by atoms with Gasteiger partial charge in [-0.15, -0.1) is 0 Å². The summed E-state index contributed by atoms with van der Waals surface area (Å²) in [7, 11) is 2.50. The maximum absolute atomic E-state index is 14.1. The zero-order valence-electron chi connectivity index (χ0n) is 18.8. The van der Waals surface area contributed by atoms with Gasteiger partial charge in [-0.05, 0) is 11.1 Å². The number of carbonyl (C=O) groups excluding carboxylic acids is 2. The van der Waals surface area contributed by atoms with Crippen LogP contribution in [0.15, 0.2) is 67.0 Å². The van der Waals surface area contributed by atoms with Crippen LogP contribution in [0.1, 0.15) is 34.6 Å². The summed E-state index contributed by atoms with van der Waals surface area (Å²) >= 11 is 0. The van der Waals surface area contributed by atoms with Gasteiger partial charge in [-0.25, -0.2) is 8.78 Å². The predicted octanol–water partition coefficient (Wildman–Crippen LogP) is 3.66. The van der Waals surface area contributed by atoms with Crippen LogP contribution in [0.3, 0.4) is 0 Å². The average molecular weight is 481 g/mol. The van der Waals surface area contributed by atoms with Gasteiger partial charge in [-0.1, -0.05) is 54.6 Å². The van der Waals surface area contributed by atoms with E-state index in [-0.39, 0.29) is 28.2 Å². The third-order valence-corrected chi connectivity index (χ3v) is 6.88. The molecule has 1 N–H and O–H groups in total. The van der Waals surface area contributed by atoms with E-state index in [1.165, 1.54) is 43.8 Å². The number of esters is 1. The summed E-state index contributed by atoms with van der Waals surface area (Å²) in [5.74, 6) is -4.05. The van der Waals surface area contributed by atoms with Crippen LogP contribution < -0.4 is 9.47 Å². The highest BCUT2D eigenvalue weighted by Gasteiger charge is 2.78. The second kappa shape index (κ2) is 8.13. The van der Waals surface area contributed by atoms with Crippen molar-refractivity contribution in [2.75, 3.05) is 14.2 Å². The van der Waals surface area contributed by atoms with Crippen molar-refractivity contribution >= 4 is 11.8 Å². The molecule has 4 atom stereocenters. The fraction of sp³-hybridized carbons (Fsp3) is 0.269. The van der Waals surface area contributed by atoms with Crippen LogP contribution in [0.2, 0.25) is 0 Å². The number of carbonyl (C=O) groups is 2. The third kappa shape index (κ3) is 2.94. The fourth-order valence-corrected chi connectivity index (χ4v) is 5.43. The lowest BCUT2D eigenvalue weighted by atomic mass is 9.70. The standard InChI is InChI=1S/C26H21F2NO6/c1-33-17-12-29-13-18-21(17)25(32)22(30)19(24(31)34-2)20(14-6-4-3-5-7-14)26(25,35-18)16-10-8-15(9-11-16)23(27)28/h3-13,19-20,23,32H,1-2H3/t19-,20-,25+,26+/m1/s1. The molecule has 1 aliphatic heterocycles. The maximum Gasteiger partial charge on any atom is 0.317 e. The predicted molar refractivity (Wildman–Crippen MR) is 118 cm³/mol. The number of hydrogen-bond donors (Lipinski definition) is 1. The number of hydrogen-bond acceptors (Lipinski definition) is 7. The molecule has 5 rings (SSSR count). The summed E-state index contributed by atoms with van der Waals surface area (Å²) in [4.78, 5) is 31.1. The van der Waals surface area contributed by atoms with E-state index in [1.807, 2.05) is 0 Å². The molecular formula is C26H21F2NO6. The summed E-state index contributed by atoms with van der Waals surface area (Å²) in [6.07, 6.45) is -0.0532. The molecule has 1 saturated carbocycles. The van der Waals surface area contributed by atoms with Crippen molar-refractivity contribution in [3.05, 3.63) is 89.2 Å². The van der Waals surface area contributed by atoms with Gasteiger partial charge in [0.25, 0.3) is 6.43 Å². The van der Waals surface area contributed by atoms with Crippen molar-refractivity contribution in [1.29, 1.82) is 0 Å². The van der Waals surface area contributed by atoms with Crippen molar-refractivity contribution in [3.8, 4) is 11.5 Å². The number of pyridine rings is 1. The molecule has 9 heteroatoms. The molecule has 1 fully saturated rings. The number of halogens is 2.